The molecule has 1 aromatic heterocycles. The molecule has 0 aromatic carbocycles. The number of nitrogens with one attached hydrogen (secondary N) is 1. The molecule has 1 aliphatic carbocycles. The van der Waals surface area contributed by atoms with E-state index in [1.54, 1.807) is 0 Å². The summed E-state index contributed by atoms with van der Waals surface area (Å²) in [4.78, 5) is 16.4. The maximum atomic E-state index is 12.1. The van der Waals surface area contributed by atoms with Crippen molar-refractivity contribution >= 4 is 5.91 Å². The Balaban J connectivity index is 1.79. The molecule has 1 aliphatic rings. The van der Waals surface area contributed by atoms with Gasteiger partial charge in [-0.3, -0.25) is 4.79 Å². The Bertz CT molecular complexity index is 470. The molecule has 21 heavy (non-hydrogen) atoms. The topological polar surface area (TPSA) is 68.0 Å². The third-order valence-electron chi connectivity index (χ3n) is 4.62. The third-order valence-corrected chi connectivity index (χ3v) is 4.62. The largest absolute Gasteiger partial charge is 0.353 e. The van der Waals surface area contributed by atoms with Gasteiger partial charge in [-0.2, -0.15) is 4.98 Å². The number of amides is 1. The molecule has 0 aliphatic heterocycles. The zero-order valence-electron chi connectivity index (χ0n) is 13.6. The van der Waals surface area contributed by atoms with Crippen LogP contribution in [-0.2, 0) is 11.2 Å². The lowest BCUT2D eigenvalue weighted by molar-refractivity contribution is -0.122. The number of hydrogen-bond donors (Lipinski definition) is 1. The predicted molar refractivity (Wildman–Crippen MR) is 80.8 cm³/mol. The lowest BCUT2D eigenvalue weighted by atomic mass is 9.78. The number of carbonyl (C=O) groups is 1. The van der Waals surface area contributed by atoms with Crippen molar-refractivity contribution in [1.82, 2.24) is 15.5 Å². The van der Waals surface area contributed by atoms with E-state index in [1.807, 2.05) is 13.8 Å². The summed E-state index contributed by atoms with van der Waals surface area (Å²) in [6, 6.07) is 0.315. The second-order valence-electron chi connectivity index (χ2n) is 6.64. The lowest BCUT2D eigenvalue weighted by Crippen LogP contribution is -2.43. The molecule has 1 heterocycles. The number of nitrogens with zero attached hydrogens (tertiary/aromatic N) is 2. The van der Waals surface area contributed by atoms with E-state index in [9.17, 15) is 4.79 Å². The van der Waals surface area contributed by atoms with Gasteiger partial charge in [0.15, 0.2) is 5.82 Å². The van der Waals surface area contributed by atoms with Gasteiger partial charge in [0, 0.05) is 24.8 Å². The first-order valence-corrected chi connectivity index (χ1v) is 8.09. The minimum atomic E-state index is 0.0882. The van der Waals surface area contributed by atoms with E-state index in [2.05, 4.69) is 29.3 Å². The van der Waals surface area contributed by atoms with Gasteiger partial charge in [0.2, 0.25) is 11.8 Å². The average Bonchev–Trinajstić information content (AvgIpc) is 2.91. The van der Waals surface area contributed by atoms with E-state index in [1.165, 1.54) is 12.8 Å². The molecule has 1 N–H and O–H groups in total. The monoisotopic (exact) mass is 293 g/mol. The van der Waals surface area contributed by atoms with Crippen LogP contribution in [0.15, 0.2) is 4.52 Å². The third kappa shape index (κ3) is 4.29. The summed E-state index contributed by atoms with van der Waals surface area (Å²) < 4.78 is 5.16. The van der Waals surface area contributed by atoms with Gasteiger partial charge in [-0.05, 0) is 18.3 Å². The zero-order chi connectivity index (χ0) is 15.4. The molecule has 0 bridgehead atoms. The van der Waals surface area contributed by atoms with Crippen molar-refractivity contribution < 1.29 is 9.32 Å². The standard InChI is InChI=1S/C16H27N3O2/c1-10(2)16-18-15(21-19-16)9-8-14(20)17-13-7-5-6-11(3)12(13)4/h10-13H,5-9H2,1-4H3,(H,17,20)/t11-,12+,13-/m1/s1. The Labute approximate surface area is 126 Å². The number of aryl methyl sites for hydroxylation is 1. The summed E-state index contributed by atoms with van der Waals surface area (Å²) in [5, 5.41) is 7.08. The minimum Gasteiger partial charge on any atom is -0.353 e. The summed E-state index contributed by atoms with van der Waals surface area (Å²) in [5.41, 5.74) is 0. The highest BCUT2D eigenvalue weighted by Gasteiger charge is 2.28. The normalized spacial score (nSPS) is 26.0. The van der Waals surface area contributed by atoms with Crippen LogP contribution in [0, 0.1) is 11.8 Å². The molecule has 5 heteroatoms. The number of carbonyl (C=O) groups excluding carboxylic acids is 1. The van der Waals surface area contributed by atoms with E-state index >= 15 is 0 Å². The van der Waals surface area contributed by atoms with Crippen LogP contribution >= 0.6 is 0 Å². The smallest absolute Gasteiger partial charge is 0.227 e. The number of aromatic nitrogens is 2. The molecule has 1 amide bonds. The molecule has 3 atom stereocenters. The summed E-state index contributed by atoms with van der Waals surface area (Å²) in [7, 11) is 0. The van der Waals surface area contributed by atoms with Crippen molar-refractivity contribution in [3.63, 3.8) is 0 Å². The van der Waals surface area contributed by atoms with Crippen LogP contribution < -0.4 is 5.32 Å². The van der Waals surface area contributed by atoms with Gasteiger partial charge in [-0.15, -0.1) is 0 Å². The van der Waals surface area contributed by atoms with Crippen molar-refractivity contribution in [2.75, 3.05) is 0 Å². The Morgan fingerprint density at radius 3 is 2.81 bits per heavy atom. The predicted octanol–water partition coefficient (Wildman–Crippen LogP) is 3.07. The van der Waals surface area contributed by atoms with Crippen molar-refractivity contribution in [3.8, 4) is 0 Å². The van der Waals surface area contributed by atoms with Gasteiger partial charge in [-0.1, -0.05) is 45.7 Å². The highest BCUT2D eigenvalue weighted by Crippen LogP contribution is 2.29. The summed E-state index contributed by atoms with van der Waals surface area (Å²) in [6.07, 6.45) is 4.50. The second-order valence-corrected chi connectivity index (χ2v) is 6.64. The molecule has 1 saturated carbocycles. The van der Waals surface area contributed by atoms with Crippen molar-refractivity contribution in [2.45, 2.75) is 71.8 Å². The van der Waals surface area contributed by atoms with E-state index in [-0.39, 0.29) is 11.8 Å². The molecular weight excluding hydrogens is 266 g/mol. The van der Waals surface area contributed by atoms with Crippen LogP contribution in [0.5, 0.6) is 0 Å². The first-order chi connectivity index (χ1) is 9.97. The summed E-state index contributed by atoms with van der Waals surface area (Å²) in [5.74, 6) is 2.84. The molecule has 0 radical (unpaired) electrons. The molecule has 0 unspecified atom stereocenters. The molecule has 1 aromatic rings. The second kappa shape index (κ2) is 7.05. The molecular formula is C16H27N3O2. The SMILES string of the molecule is CC(C)c1noc(CCC(=O)N[C@@H]2CCC[C@@H](C)[C@@H]2C)n1. The zero-order valence-corrected chi connectivity index (χ0v) is 13.6. The molecule has 2 rings (SSSR count). The van der Waals surface area contributed by atoms with Crippen LogP contribution in [0.25, 0.3) is 0 Å². The molecule has 118 valence electrons. The quantitative estimate of drug-likeness (QED) is 0.906. The van der Waals surface area contributed by atoms with Gasteiger partial charge in [0.25, 0.3) is 0 Å². The van der Waals surface area contributed by atoms with Gasteiger partial charge in [-0.25, -0.2) is 0 Å². The first kappa shape index (κ1) is 16.0. The minimum absolute atomic E-state index is 0.0882. The van der Waals surface area contributed by atoms with Crippen LogP contribution in [0.1, 0.15) is 71.0 Å². The van der Waals surface area contributed by atoms with Gasteiger partial charge in [0.05, 0.1) is 0 Å². The molecule has 5 nitrogen and oxygen atoms in total. The van der Waals surface area contributed by atoms with Gasteiger partial charge >= 0.3 is 0 Å². The highest BCUT2D eigenvalue weighted by molar-refractivity contribution is 5.76. The lowest BCUT2D eigenvalue weighted by Gasteiger charge is -2.34. The van der Waals surface area contributed by atoms with Crippen LogP contribution in [-0.4, -0.2) is 22.1 Å². The maximum absolute atomic E-state index is 12.1. The van der Waals surface area contributed by atoms with E-state index in [4.69, 9.17) is 4.52 Å². The van der Waals surface area contributed by atoms with E-state index in [0.717, 1.165) is 6.42 Å². The molecule has 0 saturated heterocycles. The number of hydrogen-bond acceptors (Lipinski definition) is 4. The van der Waals surface area contributed by atoms with E-state index < -0.39 is 0 Å². The van der Waals surface area contributed by atoms with Gasteiger partial charge < -0.3 is 9.84 Å². The Morgan fingerprint density at radius 2 is 2.14 bits per heavy atom. The van der Waals surface area contributed by atoms with Crippen molar-refractivity contribution in [2.24, 2.45) is 11.8 Å². The Morgan fingerprint density at radius 1 is 1.38 bits per heavy atom. The van der Waals surface area contributed by atoms with E-state index in [0.29, 0.717) is 42.4 Å². The van der Waals surface area contributed by atoms with Crippen molar-refractivity contribution in [3.05, 3.63) is 11.7 Å². The molecule has 1 fully saturated rings. The van der Waals surface area contributed by atoms with Crippen LogP contribution in [0.2, 0.25) is 0 Å². The van der Waals surface area contributed by atoms with Gasteiger partial charge in [0.1, 0.15) is 0 Å². The molecule has 0 spiro atoms. The number of rotatable bonds is 5. The fourth-order valence-electron chi connectivity index (χ4n) is 2.89. The van der Waals surface area contributed by atoms with Crippen LogP contribution in [0.4, 0.5) is 0 Å². The fraction of sp³-hybridized carbons (Fsp3) is 0.812. The summed E-state index contributed by atoms with van der Waals surface area (Å²) >= 11 is 0. The van der Waals surface area contributed by atoms with Crippen molar-refractivity contribution in [1.29, 1.82) is 0 Å². The Hall–Kier alpha value is -1.39. The fourth-order valence-corrected chi connectivity index (χ4v) is 2.89. The van der Waals surface area contributed by atoms with Crippen LogP contribution in [0.3, 0.4) is 0 Å². The average molecular weight is 293 g/mol. The Kier molecular flexibility index (Phi) is 5.37. The maximum Gasteiger partial charge on any atom is 0.227 e. The summed E-state index contributed by atoms with van der Waals surface area (Å²) in [6.45, 7) is 8.55. The highest BCUT2D eigenvalue weighted by atomic mass is 16.5. The first-order valence-electron chi connectivity index (χ1n) is 8.09.